The minimum atomic E-state index is -0.671. The van der Waals surface area contributed by atoms with E-state index in [0.717, 1.165) is 6.61 Å². The van der Waals surface area contributed by atoms with Crippen LogP contribution in [0.2, 0.25) is 26.2 Å². The average Bonchev–Trinajstić information content (AvgIpc) is 1.89. The molecule has 0 aromatic rings. The molecule has 0 rings (SSSR count). The second-order valence-electron chi connectivity index (χ2n) is 2.79. The van der Waals surface area contributed by atoms with Gasteiger partial charge in [-0.05, 0) is 33.1 Å². The maximum absolute atomic E-state index is 5.18. The minimum Gasteiger partial charge on any atom is -0.424 e. The first-order valence-corrected chi connectivity index (χ1v) is 9.75. The quantitative estimate of drug-likeness (QED) is 0.636. The van der Waals surface area contributed by atoms with Crippen molar-refractivity contribution in [2.24, 2.45) is 0 Å². The molecule has 2 nitrogen and oxygen atoms in total. The molecule has 0 amide bonds. The van der Waals surface area contributed by atoms with Crippen LogP contribution in [0.5, 0.6) is 0 Å². The maximum atomic E-state index is 5.18. The summed E-state index contributed by atoms with van der Waals surface area (Å²) in [5, 5.41) is 0. The van der Waals surface area contributed by atoms with E-state index in [1.54, 1.807) is 7.11 Å². The van der Waals surface area contributed by atoms with Crippen molar-refractivity contribution in [2.45, 2.75) is 33.1 Å². The maximum Gasteiger partial charge on any atom is 0.170 e. The molecule has 0 atom stereocenters. The van der Waals surface area contributed by atoms with E-state index in [9.17, 15) is 0 Å². The van der Waals surface area contributed by atoms with Crippen molar-refractivity contribution in [3.05, 3.63) is 0 Å². The van der Waals surface area contributed by atoms with Crippen molar-refractivity contribution < 1.29 is 8.85 Å². The first kappa shape index (κ1) is 13.9. The van der Waals surface area contributed by atoms with Gasteiger partial charge in [0.1, 0.15) is 0 Å². The van der Waals surface area contributed by atoms with Crippen molar-refractivity contribution in [3.63, 3.8) is 0 Å². The zero-order valence-electron chi connectivity index (χ0n) is 8.68. The predicted molar refractivity (Wildman–Crippen MR) is 56.4 cm³/mol. The molecule has 11 heavy (non-hydrogen) atoms. The molecule has 70 valence electrons. The monoisotopic (exact) mass is 194 g/mol. The van der Waals surface area contributed by atoms with E-state index in [2.05, 4.69) is 26.2 Å². The van der Waals surface area contributed by atoms with Crippen LogP contribution in [0.15, 0.2) is 0 Å². The van der Waals surface area contributed by atoms with Crippen molar-refractivity contribution in [1.29, 1.82) is 0 Å². The lowest BCUT2D eigenvalue weighted by atomic mass is 10.9. The Hall–Kier alpha value is 0.354. The van der Waals surface area contributed by atoms with Crippen molar-refractivity contribution in [3.8, 4) is 0 Å². The third kappa shape index (κ3) is 25.2. The number of hydrogen-bond donors (Lipinski definition) is 0. The lowest BCUT2D eigenvalue weighted by Crippen LogP contribution is -2.05. The van der Waals surface area contributed by atoms with Gasteiger partial charge in [-0.25, -0.2) is 0 Å². The predicted octanol–water partition coefficient (Wildman–Crippen LogP) is 1.62. The van der Waals surface area contributed by atoms with E-state index >= 15 is 0 Å². The lowest BCUT2D eigenvalue weighted by Gasteiger charge is -1.98. The van der Waals surface area contributed by atoms with Crippen molar-refractivity contribution in [2.75, 3.05) is 13.7 Å². The van der Waals surface area contributed by atoms with E-state index in [1.165, 1.54) is 0 Å². The lowest BCUT2D eigenvalue weighted by molar-refractivity contribution is 0.350. The standard InChI is InChI=1S/C4H12OSi.C3H10OSi/c1-4-5-6(2)3;1-4-5(2)3/h6H,4H2,1-3H3;5H,1-3H3. The van der Waals surface area contributed by atoms with Crippen LogP contribution in [-0.4, -0.2) is 31.8 Å². The third-order valence-corrected chi connectivity index (χ3v) is 2.91. The Morgan fingerprint density at radius 3 is 1.36 bits per heavy atom. The Labute approximate surface area is 74.4 Å². The summed E-state index contributed by atoms with van der Waals surface area (Å²) in [7, 11) is 0.441. The van der Waals surface area contributed by atoms with Gasteiger partial charge in [-0.15, -0.1) is 0 Å². The molecule has 0 aromatic carbocycles. The van der Waals surface area contributed by atoms with Crippen molar-refractivity contribution >= 4 is 18.1 Å². The summed E-state index contributed by atoms with van der Waals surface area (Å²) < 4.78 is 10.1. The molecule has 0 heterocycles. The Bertz CT molecular complexity index is 67.5. The van der Waals surface area contributed by atoms with Crippen LogP contribution in [-0.2, 0) is 8.85 Å². The summed E-state index contributed by atoms with van der Waals surface area (Å²) in [5.41, 5.74) is 0. The molecule has 0 N–H and O–H groups in total. The molecular weight excluding hydrogens is 172 g/mol. The van der Waals surface area contributed by atoms with Gasteiger partial charge in [-0.1, -0.05) is 0 Å². The summed E-state index contributed by atoms with van der Waals surface area (Å²) in [6, 6.07) is 0. The van der Waals surface area contributed by atoms with Gasteiger partial charge in [0.2, 0.25) is 0 Å². The summed E-state index contributed by atoms with van der Waals surface area (Å²) in [6.07, 6.45) is 0. The topological polar surface area (TPSA) is 18.5 Å². The molecule has 0 aromatic heterocycles. The highest BCUT2D eigenvalue weighted by Gasteiger charge is 1.87. The van der Waals surface area contributed by atoms with Gasteiger partial charge < -0.3 is 8.85 Å². The molecule has 0 radical (unpaired) electrons. The van der Waals surface area contributed by atoms with Crippen molar-refractivity contribution in [1.82, 2.24) is 0 Å². The largest absolute Gasteiger partial charge is 0.424 e. The molecule has 0 fully saturated rings. The summed E-state index contributed by atoms with van der Waals surface area (Å²) >= 11 is 0. The second-order valence-corrected chi connectivity index (χ2v) is 7.79. The van der Waals surface area contributed by atoms with Crippen LogP contribution in [0, 0.1) is 0 Å². The van der Waals surface area contributed by atoms with Gasteiger partial charge in [0, 0.05) is 13.7 Å². The molecular formula is C7H22O2Si2. The van der Waals surface area contributed by atoms with Gasteiger partial charge in [-0.3, -0.25) is 0 Å². The van der Waals surface area contributed by atoms with E-state index in [4.69, 9.17) is 8.85 Å². The highest BCUT2D eigenvalue weighted by atomic mass is 28.3. The van der Waals surface area contributed by atoms with Crippen LogP contribution in [0.25, 0.3) is 0 Å². The molecule has 0 saturated carbocycles. The minimum absolute atomic E-state index is 0.650. The van der Waals surface area contributed by atoms with Gasteiger partial charge >= 0.3 is 0 Å². The van der Waals surface area contributed by atoms with Crippen LogP contribution in [0.4, 0.5) is 0 Å². The molecule has 4 heteroatoms. The van der Waals surface area contributed by atoms with E-state index < -0.39 is 18.1 Å². The normalized spacial score (nSPS) is 9.82. The third-order valence-electron chi connectivity index (χ3n) is 0.971. The van der Waals surface area contributed by atoms with Gasteiger partial charge in [0.15, 0.2) is 18.1 Å². The first-order valence-electron chi connectivity index (χ1n) is 4.18. The smallest absolute Gasteiger partial charge is 0.170 e. The van der Waals surface area contributed by atoms with E-state index in [0.29, 0.717) is 0 Å². The molecule has 0 aliphatic rings. The van der Waals surface area contributed by atoms with Crippen LogP contribution in [0.1, 0.15) is 6.92 Å². The van der Waals surface area contributed by atoms with Gasteiger partial charge in [-0.2, -0.15) is 0 Å². The zero-order valence-corrected chi connectivity index (χ0v) is 11.0. The van der Waals surface area contributed by atoms with E-state index in [1.807, 2.05) is 6.92 Å². The first-order chi connectivity index (χ1) is 5.04. The highest BCUT2D eigenvalue weighted by Crippen LogP contribution is 1.79. The highest BCUT2D eigenvalue weighted by molar-refractivity contribution is 6.48. The second kappa shape index (κ2) is 10.4. The molecule has 0 spiro atoms. The fourth-order valence-electron chi connectivity index (χ4n) is 0.333. The van der Waals surface area contributed by atoms with E-state index in [-0.39, 0.29) is 0 Å². The van der Waals surface area contributed by atoms with Crippen LogP contribution < -0.4 is 0 Å². The number of hydrogen-bond acceptors (Lipinski definition) is 2. The van der Waals surface area contributed by atoms with Crippen LogP contribution in [0.3, 0.4) is 0 Å². The molecule has 0 unspecified atom stereocenters. The summed E-state index contributed by atoms with van der Waals surface area (Å²) in [6.45, 7) is 11.5. The van der Waals surface area contributed by atoms with Gasteiger partial charge in [0.05, 0.1) is 0 Å². The molecule has 0 saturated heterocycles. The van der Waals surface area contributed by atoms with Crippen LogP contribution >= 0.6 is 0 Å². The SMILES string of the molecule is CCO[SiH](C)C.CO[SiH](C)C. The summed E-state index contributed by atoms with van der Waals surface area (Å²) in [5.74, 6) is 0. The zero-order chi connectivity index (χ0) is 9.28. The molecule has 0 aliphatic carbocycles. The molecule has 0 bridgehead atoms. The Morgan fingerprint density at radius 2 is 1.36 bits per heavy atom. The Balaban J connectivity index is 0. The fraction of sp³-hybridized carbons (Fsp3) is 1.00. The average molecular weight is 194 g/mol. The fourth-order valence-corrected chi connectivity index (χ4v) is 1.00. The molecule has 0 aliphatic heterocycles. The Kier molecular flexibility index (Phi) is 13.1. The van der Waals surface area contributed by atoms with Gasteiger partial charge in [0.25, 0.3) is 0 Å². The number of rotatable bonds is 3. The Morgan fingerprint density at radius 1 is 1.00 bits per heavy atom. The summed E-state index contributed by atoms with van der Waals surface area (Å²) in [4.78, 5) is 0.